The highest BCUT2D eigenvalue weighted by molar-refractivity contribution is 5.98. The highest BCUT2D eigenvalue weighted by Crippen LogP contribution is 2.42. The van der Waals surface area contributed by atoms with E-state index < -0.39 is 11.7 Å². The Labute approximate surface area is 159 Å². The Morgan fingerprint density at radius 1 is 1.00 bits per heavy atom. The molecule has 2 atom stereocenters. The summed E-state index contributed by atoms with van der Waals surface area (Å²) in [5.74, 6) is 0.512. The van der Waals surface area contributed by atoms with Crippen LogP contribution in [0.25, 0.3) is 0 Å². The van der Waals surface area contributed by atoms with Crippen molar-refractivity contribution in [2.45, 2.75) is 75.9 Å². The second-order valence-electron chi connectivity index (χ2n) is 8.56. The Hall–Kier alpha value is -1.36. The zero-order valence-electron chi connectivity index (χ0n) is 15.7. The van der Waals surface area contributed by atoms with Crippen LogP contribution in [0.4, 0.5) is 13.2 Å². The molecule has 2 aliphatic carbocycles. The molecule has 2 nitrogen and oxygen atoms in total. The summed E-state index contributed by atoms with van der Waals surface area (Å²) < 4.78 is 39.4. The summed E-state index contributed by atoms with van der Waals surface area (Å²) in [5, 5.41) is 0. The smallest absolute Gasteiger partial charge is 0.300 e. The molecule has 1 heterocycles. The number of halogens is 3. The van der Waals surface area contributed by atoms with E-state index in [1.165, 1.54) is 25.0 Å². The van der Waals surface area contributed by atoms with Gasteiger partial charge in [-0.2, -0.15) is 13.2 Å². The van der Waals surface area contributed by atoms with E-state index in [1.54, 1.807) is 0 Å². The number of hydrogen-bond acceptors (Lipinski definition) is 2. The van der Waals surface area contributed by atoms with Crippen LogP contribution >= 0.6 is 0 Å². The Morgan fingerprint density at radius 2 is 1.70 bits per heavy atom. The molecule has 0 N–H and O–H groups in total. The first-order valence-electron chi connectivity index (χ1n) is 10.4. The Kier molecular flexibility index (Phi) is 5.32. The number of Topliss-reactive ketones (excluding diaryl/α,β-unsaturated/α-hetero) is 1. The number of carbonyl (C=O) groups excluding carboxylic acids is 1. The first-order valence-corrected chi connectivity index (χ1v) is 10.4. The third kappa shape index (κ3) is 3.94. The largest absolute Gasteiger partial charge is 0.416 e. The van der Waals surface area contributed by atoms with E-state index in [1.807, 2.05) is 0 Å². The van der Waals surface area contributed by atoms with Crippen LogP contribution in [-0.4, -0.2) is 29.8 Å². The fourth-order valence-corrected chi connectivity index (χ4v) is 5.21. The van der Waals surface area contributed by atoms with Crippen LogP contribution in [0.5, 0.6) is 0 Å². The van der Waals surface area contributed by atoms with Crippen LogP contribution in [0.1, 0.15) is 85.2 Å². The topological polar surface area (TPSA) is 20.3 Å². The highest BCUT2D eigenvalue weighted by atomic mass is 19.4. The molecule has 0 aromatic heterocycles. The molecule has 0 radical (unpaired) electrons. The van der Waals surface area contributed by atoms with Crippen molar-refractivity contribution in [2.24, 2.45) is 5.92 Å². The number of ketones is 1. The van der Waals surface area contributed by atoms with Gasteiger partial charge in [-0.25, -0.2) is 0 Å². The minimum Gasteiger partial charge on any atom is -0.300 e. The number of alkyl halides is 3. The molecule has 0 bridgehead atoms. The van der Waals surface area contributed by atoms with Gasteiger partial charge in [0, 0.05) is 18.0 Å². The van der Waals surface area contributed by atoms with Crippen molar-refractivity contribution in [1.29, 1.82) is 0 Å². The Morgan fingerprint density at radius 3 is 2.33 bits per heavy atom. The predicted molar refractivity (Wildman–Crippen MR) is 98.9 cm³/mol. The number of likely N-dealkylation sites (tertiary alicyclic amines) is 1. The van der Waals surface area contributed by atoms with E-state index >= 15 is 0 Å². The van der Waals surface area contributed by atoms with Crippen LogP contribution in [0.3, 0.4) is 0 Å². The van der Waals surface area contributed by atoms with Crippen molar-refractivity contribution >= 4 is 5.78 Å². The van der Waals surface area contributed by atoms with Gasteiger partial charge in [-0.05, 0) is 81.1 Å². The maximum absolute atomic E-state index is 13.1. The van der Waals surface area contributed by atoms with Crippen molar-refractivity contribution in [3.63, 3.8) is 0 Å². The Balaban J connectivity index is 1.54. The van der Waals surface area contributed by atoms with Gasteiger partial charge < -0.3 is 4.90 Å². The minimum atomic E-state index is -4.35. The molecule has 4 rings (SSSR count). The third-order valence-electron chi connectivity index (χ3n) is 6.90. The van der Waals surface area contributed by atoms with E-state index in [9.17, 15) is 18.0 Å². The number of hydrogen-bond donors (Lipinski definition) is 0. The molecule has 3 aliphatic rings. The Bertz CT molecular complexity index is 689. The van der Waals surface area contributed by atoms with Crippen LogP contribution < -0.4 is 0 Å². The molecule has 27 heavy (non-hydrogen) atoms. The van der Waals surface area contributed by atoms with Crippen molar-refractivity contribution in [1.82, 2.24) is 4.90 Å². The molecule has 3 fully saturated rings. The molecule has 1 aromatic carbocycles. The molecular weight excluding hydrogens is 351 g/mol. The summed E-state index contributed by atoms with van der Waals surface area (Å²) in [7, 11) is 0. The lowest BCUT2D eigenvalue weighted by Gasteiger charge is -2.30. The van der Waals surface area contributed by atoms with Gasteiger partial charge >= 0.3 is 6.18 Å². The van der Waals surface area contributed by atoms with E-state index in [0.29, 0.717) is 29.5 Å². The predicted octanol–water partition coefficient (Wildman–Crippen LogP) is 5.81. The quantitative estimate of drug-likeness (QED) is 0.602. The van der Waals surface area contributed by atoms with Gasteiger partial charge in [-0.1, -0.05) is 18.9 Å². The van der Waals surface area contributed by atoms with Gasteiger partial charge in [-0.15, -0.1) is 0 Å². The van der Waals surface area contributed by atoms with Crippen LogP contribution in [0.15, 0.2) is 18.2 Å². The first-order chi connectivity index (χ1) is 12.9. The van der Waals surface area contributed by atoms with Gasteiger partial charge in [-0.3, -0.25) is 4.79 Å². The summed E-state index contributed by atoms with van der Waals surface area (Å²) >= 11 is 0. The van der Waals surface area contributed by atoms with E-state index in [4.69, 9.17) is 0 Å². The van der Waals surface area contributed by atoms with Crippen molar-refractivity contribution < 1.29 is 18.0 Å². The van der Waals surface area contributed by atoms with Gasteiger partial charge in [0.15, 0.2) is 5.78 Å². The lowest BCUT2D eigenvalue weighted by atomic mass is 9.76. The maximum Gasteiger partial charge on any atom is 0.416 e. The standard InChI is InChI=1S/C22H28F3NO/c23-22(24,25)17-9-10-18(19(14-17)15-5-3-6-15)21(27)13-16-7-4-8-20(16)26-11-1-2-12-26/h9-10,14-16,20H,1-8,11-13H2/t16-,20-/m1/s1. The summed E-state index contributed by atoms with van der Waals surface area (Å²) in [6.45, 7) is 2.26. The van der Waals surface area contributed by atoms with Crippen LogP contribution in [-0.2, 0) is 6.18 Å². The lowest BCUT2D eigenvalue weighted by molar-refractivity contribution is -0.137. The molecule has 0 spiro atoms. The molecule has 1 aliphatic heterocycles. The zero-order chi connectivity index (χ0) is 19.0. The monoisotopic (exact) mass is 379 g/mol. The molecule has 0 unspecified atom stereocenters. The number of benzene rings is 1. The minimum absolute atomic E-state index is 0.0433. The third-order valence-corrected chi connectivity index (χ3v) is 6.90. The van der Waals surface area contributed by atoms with Crippen LogP contribution in [0, 0.1) is 5.92 Å². The second kappa shape index (κ2) is 7.57. The molecule has 5 heteroatoms. The first kappa shape index (κ1) is 19.0. The number of rotatable bonds is 5. The highest BCUT2D eigenvalue weighted by Gasteiger charge is 2.37. The van der Waals surface area contributed by atoms with Crippen molar-refractivity contribution in [3.8, 4) is 0 Å². The van der Waals surface area contributed by atoms with E-state index in [0.717, 1.165) is 57.7 Å². The van der Waals surface area contributed by atoms with Gasteiger partial charge in [0.05, 0.1) is 5.56 Å². The van der Waals surface area contributed by atoms with E-state index in [-0.39, 0.29) is 11.7 Å². The normalized spacial score (nSPS) is 27.1. The molecule has 1 saturated heterocycles. The van der Waals surface area contributed by atoms with Gasteiger partial charge in [0.1, 0.15) is 0 Å². The summed E-state index contributed by atoms with van der Waals surface area (Å²) in [6.07, 6.45) is 4.79. The average Bonchev–Trinajstić information content (AvgIpc) is 3.23. The van der Waals surface area contributed by atoms with Crippen molar-refractivity contribution in [3.05, 3.63) is 34.9 Å². The molecule has 1 aromatic rings. The van der Waals surface area contributed by atoms with E-state index in [2.05, 4.69) is 4.90 Å². The van der Waals surface area contributed by atoms with Gasteiger partial charge in [0.2, 0.25) is 0 Å². The number of nitrogens with zero attached hydrogens (tertiary/aromatic N) is 1. The number of carbonyl (C=O) groups is 1. The SMILES string of the molecule is O=C(C[C@H]1CCC[C@H]1N1CCCC1)c1ccc(C(F)(F)F)cc1C1CCC1. The fraction of sp³-hybridized carbons (Fsp3) is 0.682. The van der Waals surface area contributed by atoms with Crippen molar-refractivity contribution in [2.75, 3.05) is 13.1 Å². The summed E-state index contributed by atoms with van der Waals surface area (Å²) in [4.78, 5) is 15.6. The zero-order valence-corrected chi connectivity index (χ0v) is 15.7. The fourth-order valence-electron chi connectivity index (χ4n) is 5.21. The lowest BCUT2D eigenvalue weighted by Crippen LogP contribution is -2.36. The average molecular weight is 379 g/mol. The summed E-state index contributed by atoms with van der Waals surface area (Å²) in [5.41, 5.74) is 0.549. The summed E-state index contributed by atoms with van der Waals surface area (Å²) in [6, 6.07) is 4.25. The molecule has 2 saturated carbocycles. The molecular formula is C22H28F3NO. The second-order valence-corrected chi connectivity index (χ2v) is 8.56. The maximum atomic E-state index is 13.1. The van der Waals surface area contributed by atoms with Gasteiger partial charge in [0.25, 0.3) is 0 Å². The molecule has 0 amide bonds. The van der Waals surface area contributed by atoms with Crippen LogP contribution in [0.2, 0.25) is 0 Å². The molecule has 148 valence electrons.